The first kappa shape index (κ1) is 21.2. The number of anilines is 2. The number of nitrogens with one attached hydrogen (secondary N) is 2. The van der Waals surface area contributed by atoms with E-state index < -0.39 is 0 Å². The third-order valence-electron chi connectivity index (χ3n) is 4.90. The summed E-state index contributed by atoms with van der Waals surface area (Å²) in [6, 6.07) is 15.8. The van der Waals surface area contributed by atoms with Crippen molar-refractivity contribution in [3.63, 3.8) is 0 Å². The summed E-state index contributed by atoms with van der Waals surface area (Å²) >= 11 is 1.63. The van der Waals surface area contributed by atoms with Gasteiger partial charge in [0.1, 0.15) is 0 Å². The molecule has 1 aliphatic rings. The van der Waals surface area contributed by atoms with Gasteiger partial charge >= 0.3 is 6.03 Å². The van der Waals surface area contributed by atoms with Gasteiger partial charge in [0.2, 0.25) is 5.91 Å². The number of carbonyl (C=O) groups excluding carboxylic acids is 2. The summed E-state index contributed by atoms with van der Waals surface area (Å²) in [6.07, 6.45) is 2.96. The van der Waals surface area contributed by atoms with E-state index in [2.05, 4.69) is 15.5 Å². The fraction of sp³-hybridized carbons (Fsp3) is 0.364. The molecular formula is C22H28N4O2S. The minimum absolute atomic E-state index is 0.0342. The van der Waals surface area contributed by atoms with Crippen LogP contribution in [0.4, 0.5) is 16.2 Å². The Morgan fingerprint density at radius 1 is 0.966 bits per heavy atom. The third-order valence-corrected chi connectivity index (χ3v) is 5.70. The van der Waals surface area contributed by atoms with Crippen molar-refractivity contribution in [2.45, 2.75) is 24.8 Å². The van der Waals surface area contributed by atoms with Gasteiger partial charge in [-0.3, -0.25) is 9.69 Å². The van der Waals surface area contributed by atoms with Gasteiger partial charge in [0.15, 0.2) is 0 Å². The molecule has 7 heteroatoms. The van der Waals surface area contributed by atoms with E-state index in [0.29, 0.717) is 6.54 Å². The summed E-state index contributed by atoms with van der Waals surface area (Å²) in [4.78, 5) is 29.2. The van der Waals surface area contributed by atoms with Gasteiger partial charge in [-0.2, -0.15) is 0 Å². The molecule has 0 aromatic heterocycles. The van der Waals surface area contributed by atoms with Crippen molar-refractivity contribution < 1.29 is 9.59 Å². The van der Waals surface area contributed by atoms with Crippen molar-refractivity contribution >= 4 is 35.1 Å². The minimum atomic E-state index is -0.0659. The number of amides is 3. The molecular weight excluding hydrogens is 384 g/mol. The highest BCUT2D eigenvalue weighted by molar-refractivity contribution is 7.98. The molecule has 0 bridgehead atoms. The van der Waals surface area contributed by atoms with E-state index in [4.69, 9.17) is 0 Å². The molecule has 0 atom stereocenters. The van der Waals surface area contributed by atoms with E-state index in [1.807, 2.05) is 59.7 Å². The second-order valence-electron chi connectivity index (χ2n) is 7.13. The molecule has 3 amide bonds. The predicted octanol–water partition coefficient (Wildman–Crippen LogP) is 4.11. The van der Waals surface area contributed by atoms with E-state index in [1.165, 1.54) is 12.5 Å². The molecule has 0 aliphatic carbocycles. The minimum Gasteiger partial charge on any atom is -0.326 e. The van der Waals surface area contributed by atoms with Gasteiger partial charge in [-0.1, -0.05) is 24.3 Å². The zero-order chi connectivity index (χ0) is 20.6. The average Bonchev–Trinajstić information content (AvgIpc) is 2.95. The average molecular weight is 413 g/mol. The Hall–Kier alpha value is -2.51. The molecule has 1 aliphatic heterocycles. The fourth-order valence-corrected chi connectivity index (χ4v) is 3.98. The predicted molar refractivity (Wildman–Crippen MR) is 119 cm³/mol. The molecule has 2 aromatic rings. The number of benzene rings is 2. The second-order valence-corrected chi connectivity index (χ2v) is 7.97. The van der Waals surface area contributed by atoms with Crippen molar-refractivity contribution in [3.05, 3.63) is 54.1 Å². The van der Waals surface area contributed by atoms with Crippen LogP contribution in [0.5, 0.6) is 0 Å². The molecule has 1 heterocycles. The molecule has 1 saturated heterocycles. The Kier molecular flexibility index (Phi) is 7.55. The quantitative estimate of drug-likeness (QED) is 0.726. The summed E-state index contributed by atoms with van der Waals surface area (Å²) in [5.41, 5.74) is 2.88. The second kappa shape index (κ2) is 10.3. The molecule has 0 spiro atoms. The highest BCUT2D eigenvalue weighted by Gasteiger charge is 2.20. The molecule has 6 nitrogen and oxygen atoms in total. The maximum absolute atomic E-state index is 12.7. The number of urea groups is 1. The number of thioether (sulfide) groups is 1. The van der Waals surface area contributed by atoms with Crippen molar-refractivity contribution in [1.29, 1.82) is 0 Å². The van der Waals surface area contributed by atoms with Gasteiger partial charge in [-0.05, 0) is 42.5 Å². The standard InChI is InChI=1S/C22H28N4O2S/c1-17(27)23-19-10-8-18(9-11-19)16-25-12-5-13-26(15-14-25)22(28)24-20-6-3-4-7-21(20)29-2/h3-4,6-11H,5,12-16H2,1-2H3,(H,23,27)(H,24,28). The molecule has 154 valence electrons. The lowest BCUT2D eigenvalue weighted by molar-refractivity contribution is -0.114. The van der Waals surface area contributed by atoms with E-state index in [9.17, 15) is 9.59 Å². The largest absolute Gasteiger partial charge is 0.326 e. The monoisotopic (exact) mass is 412 g/mol. The number of hydrogen-bond acceptors (Lipinski definition) is 4. The van der Waals surface area contributed by atoms with Crippen molar-refractivity contribution in [3.8, 4) is 0 Å². The summed E-state index contributed by atoms with van der Waals surface area (Å²) in [5, 5.41) is 5.85. The molecule has 0 radical (unpaired) electrons. The fourth-order valence-electron chi connectivity index (χ4n) is 3.43. The van der Waals surface area contributed by atoms with E-state index >= 15 is 0 Å². The van der Waals surface area contributed by atoms with Crippen LogP contribution < -0.4 is 10.6 Å². The first-order chi connectivity index (χ1) is 14.0. The van der Waals surface area contributed by atoms with E-state index in [0.717, 1.165) is 48.9 Å². The lowest BCUT2D eigenvalue weighted by atomic mass is 10.2. The van der Waals surface area contributed by atoms with Gasteiger partial charge in [0.25, 0.3) is 0 Å². The van der Waals surface area contributed by atoms with Gasteiger partial charge < -0.3 is 15.5 Å². The number of carbonyl (C=O) groups is 2. The van der Waals surface area contributed by atoms with Crippen molar-refractivity contribution in [1.82, 2.24) is 9.80 Å². The van der Waals surface area contributed by atoms with Crippen LogP contribution in [0.1, 0.15) is 18.9 Å². The summed E-state index contributed by atoms with van der Waals surface area (Å²) < 4.78 is 0. The SMILES string of the molecule is CSc1ccccc1NC(=O)N1CCCN(Cc2ccc(NC(C)=O)cc2)CC1. The maximum Gasteiger partial charge on any atom is 0.321 e. The highest BCUT2D eigenvalue weighted by atomic mass is 32.2. The number of rotatable bonds is 5. The van der Waals surface area contributed by atoms with Crippen LogP contribution in [0.15, 0.2) is 53.4 Å². The molecule has 0 unspecified atom stereocenters. The third kappa shape index (κ3) is 6.24. The van der Waals surface area contributed by atoms with Gasteiger partial charge in [0.05, 0.1) is 5.69 Å². The van der Waals surface area contributed by atoms with Crippen LogP contribution in [0.2, 0.25) is 0 Å². The molecule has 29 heavy (non-hydrogen) atoms. The van der Waals surface area contributed by atoms with Crippen molar-refractivity contribution in [2.24, 2.45) is 0 Å². The van der Waals surface area contributed by atoms with Crippen LogP contribution in [0.3, 0.4) is 0 Å². The topological polar surface area (TPSA) is 64.7 Å². The molecule has 0 saturated carbocycles. The van der Waals surface area contributed by atoms with Gasteiger partial charge in [-0.15, -0.1) is 11.8 Å². The first-order valence-corrected chi connectivity index (χ1v) is 11.1. The summed E-state index contributed by atoms with van der Waals surface area (Å²) in [6.45, 7) is 5.60. The Balaban J connectivity index is 1.53. The number of hydrogen-bond donors (Lipinski definition) is 2. The van der Waals surface area contributed by atoms with Crippen molar-refractivity contribution in [2.75, 3.05) is 43.1 Å². The normalized spacial score (nSPS) is 14.9. The lowest BCUT2D eigenvalue weighted by Gasteiger charge is -2.23. The molecule has 2 aromatic carbocycles. The van der Waals surface area contributed by atoms with Crippen LogP contribution in [0.25, 0.3) is 0 Å². The summed E-state index contributed by atoms with van der Waals surface area (Å²) in [7, 11) is 0. The lowest BCUT2D eigenvalue weighted by Crippen LogP contribution is -2.38. The smallest absolute Gasteiger partial charge is 0.321 e. The zero-order valence-corrected chi connectivity index (χ0v) is 17.8. The summed E-state index contributed by atoms with van der Waals surface area (Å²) in [5.74, 6) is -0.0659. The Bertz CT molecular complexity index is 841. The number of para-hydroxylation sites is 1. The van der Waals surface area contributed by atoms with E-state index in [1.54, 1.807) is 11.8 Å². The molecule has 3 rings (SSSR count). The van der Waals surface area contributed by atoms with E-state index in [-0.39, 0.29) is 11.9 Å². The maximum atomic E-state index is 12.7. The van der Waals surface area contributed by atoms with Crippen LogP contribution in [0, 0.1) is 0 Å². The zero-order valence-electron chi connectivity index (χ0n) is 17.0. The highest BCUT2D eigenvalue weighted by Crippen LogP contribution is 2.25. The Labute approximate surface area is 176 Å². The molecule has 2 N–H and O–H groups in total. The van der Waals surface area contributed by atoms with Crippen LogP contribution >= 0.6 is 11.8 Å². The first-order valence-electron chi connectivity index (χ1n) is 9.83. The van der Waals surface area contributed by atoms with Gasteiger partial charge in [-0.25, -0.2) is 4.79 Å². The van der Waals surface area contributed by atoms with Crippen LogP contribution in [-0.4, -0.2) is 54.2 Å². The van der Waals surface area contributed by atoms with Gasteiger partial charge in [0, 0.05) is 50.2 Å². The number of nitrogens with zero attached hydrogens (tertiary/aromatic N) is 2. The Morgan fingerprint density at radius 2 is 1.72 bits per heavy atom. The molecule has 1 fully saturated rings. The van der Waals surface area contributed by atoms with Crippen LogP contribution in [-0.2, 0) is 11.3 Å². The Morgan fingerprint density at radius 3 is 2.45 bits per heavy atom.